The van der Waals surface area contributed by atoms with Crippen molar-refractivity contribution in [2.75, 3.05) is 5.32 Å². The van der Waals surface area contributed by atoms with Crippen LogP contribution in [-0.2, 0) is 0 Å². The van der Waals surface area contributed by atoms with Gasteiger partial charge in [-0.25, -0.2) is 0 Å². The zero-order valence-corrected chi connectivity index (χ0v) is 11.2. The molecule has 1 aromatic heterocycles. The first-order valence-corrected chi connectivity index (χ1v) is 6.09. The van der Waals surface area contributed by atoms with Crippen molar-refractivity contribution in [2.24, 2.45) is 0 Å². The van der Waals surface area contributed by atoms with E-state index in [1.807, 2.05) is 0 Å². The van der Waals surface area contributed by atoms with E-state index < -0.39 is 0 Å². The number of amides is 1. The smallest absolute Gasteiger partial charge is 0.272 e. The van der Waals surface area contributed by atoms with E-state index in [0.29, 0.717) is 22.6 Å². The molecule has 0 bridgehead atoms. The molecular formula is C15H14N2O3. The molecule has 1 aromatic carbocycles. The SMILES string of the molecule is CC(=O)c1ccc(NC(=O)c2ccc(C(C)=O)[nH]2)cc1. The van der Waals surface area contributed by atoms with Gasteiger partial charge in [-0.2, -0.15) is 0 Å². The van der Waals surface area contributed by atoms with Crippen LogP contribution in [-0.4, -0.2) is 22.5 Å². The van der Waals surface area contributed by atoms with Crippen LogP contribution in [0.2, 0.25) is 0 Å². The second-order valence-electron chi connectivity index (χ2n) is 4.43. The third kappa shape index (κ3) is 3.00. The summed E-state index contributed by atoms with van der Waals surface area (Å²) in [5.74, 6) is -0.499. The molecule has 20 heavy (non-hydrogen) atoms. The van der Waals surface area contributed by atoms with Gasteiger partial charge in [0.05, 0.1) is 5.69 Å². The Kier molecular flexibility index (Phi) is 3.79. The Labute approximate surface area is 116 Å². The van der Waals surface area contributed by atoms with E-state index in [1.165, 1.54) is 13.8 Å². The molecule has 0 radical (unpaired) electrons. The normalized spacial score (nSPS) is 10.1. The Balaban J connectivity index is 2.10. The van der Waals surface area contributed by atoms with Gasteiger partial charge in [-0.1, -0.05) is 0 Å². The summed E-state index contributed by atoms with van der Waals surface area (Å²) in [6.45, 7) is 2.91. The minimum Gasteiger partial charge on any atom is -0.348 e. The van der Waals surface area contributed by atoms with Crippen LogP contribution in [0.3, 0.4) is 0 Å². The molecule has 2 rings (SSSR count). The Morgan fingerprint density at radius 1 is 0.850 bits per heavy atom. The van der Waals surface area contributed by atoms with E-state index in [1.54, 1.807) is 36.4 Å². The lowest BCUT2D eigenvalue weighted by molar-refractivity contribution is 0.100. The fourth-order valence-corrected chi connectivity index (χ4v) is 1.72. The molecule has 0 unspecified atom stereocenters. The number of hydrogen-bond acceptors (Lipinski definition) is 3. The van der Waals surface area contributed by atoms with Crippen LogP contribution >= 0.6 is 0 Å². The summed E-state index contributed by atoms with van der Waals surface area (Å²) in [5, 5.41) is 2.68. The summed E-state index contributed by atoms with van der Waals surface area (Å²) in [4.78, 5) is 37.0. The number of Topliss-reactive ketones (excluding diaryl/α,β-unsaturated/α-hetero) is 2. The molecule has 0 aliphatic rings. The largest absolute Gasteiger partial charge is 0.348 e. The second-order valence-corrected chi connectivity index (χ2v) is 4.43. The van der Waals surface area contributed by atoms with Crippen LogP contribution in [0, 0.1) is 0 Å². The first-order chi connectivity index (χ1) is 9.47. The van der Waals surface area contributed by atoms with Crippen molar-refractivity contribution >= 4 is 23.2 Å². The Hall–Kier alpha value is -2.69. The number of nitrogens with one attached hydrogen (secondary N) is 2. The van der Waals surface area contributed by atoms with Crippen LogP contribution < -0.4 is 5.32 Å². The van der Waals surface area contributed by atoms with E-state index in [-0.39, 0.29) is 17.5 Å². The van der Waals surface area contributed by atoms with Gasteiger partial charge in [0.15, 0.2) is 11.6 Å². The average Bonchev–Trinajstić information content (AvgIpc) is 2.89. The second kappa shape index (κ2) is 5.52. The molecule has 0 fully saturated rings. The molecule has 2 N–H and O–H groups in total. The number of carbonyl (C=O) groups excluding carboxylic acids is 3. The van der Waals surface area contributed by atoms with Crippen LogP contribution in [0.4, 0.5) is 5.69 Å². The lowest BCUT2D eigenvalue weighted by atomic mass is 10.1. The molecular weight excluding hydrogens is 256 g/mol. The van der Waals surface area contributed by atoms with Gasteiger partial charge in [0.2, 0.25) is 0 Å². The Bertz CT molecular complexity index is 669. The maximum absolute atomic E-state index is 11.9. The van der Waals surface area contributed by atoms with Crippen molar-refractivity contribution in [1.82, 2.24) is 4.98 Å². The summed E-state index contributed by atoms with van der Waals surface area (Å²) >= 11 is 0. The number of benzene rings is 1. The van der Waals surface area contributed by atoms with Crippen LogP contribution in [0.25, 0.3) is 0 Å². The third-order valence-electron chi connectivity index (χ3n) is 2.86. The highest BCUT2D eigenvalue weighted by molar-refractivity contribution is 6.04. The highest BCUT2D eigenvalue weighted by Gasteiger charge is 2.10. The molecule has 5 nitrogen and oxygen atoms in total. The zero-order valence-electron chi connectivity index (χ0n) is 11.2. The highest BCUT2D eigenvalue weighted by atomic mass is 16.2. The van der Waals surface area contributed by atoms with E-state index >= 15 is 0 Å². The van der Waals surface area contributed by atoms with E-state index in [0.717, 1.165) is 0 Å². The van der Waals surface area contributed by atoms with Gasteiger partial charge in [0.25, 0.3) is 5.91 Å². The standard InChI is InChI=1S/C15H14N2O3/c1-9(18)11-3-5-12(6-4-11)16-15(20)14-8-7-13(17-14)10(2)19/h3-8,17H,1-2H3,(H,16,20). The maximum atomic E-state index is 11.9. The molecule has 1 amide bonds. The molecule has 0 saturated heterocycles. The summed E-state index contributed by atoms with van der Waals surface area (Å²) in [6, 6.07) is 9.72. The van der Waals surface area contributed by atoms with Gasteiger partial charge in [-0.05, 0) is 43.3 Å². The molecule has 0 atom stereocenters. The number of carbonyl (C=O) groups is 3. The van der Waals surface area contributed by atoms with E-state index in [4.69, 9.17) is 0 Å². The van der Waals surface area contributed by atoms with Gasteiger partial charge in [0.1, 0.15) is 5.69 Å². The van der Waals surface area contributed by atoms with Crippen molar-refractivity contribution in [3.8, 4) is 0 Å². The van der Waals surface area contributed by atoms with Crippen molar-refractivity contribution in [3.05, 3.63) is 53.3 Å². The number of aromatic nitrogens is 1. The number of aromatic amines is 1. The first-order valence-electron chi connectivity index (χ1n) is 6.09. The maximum Gasteiger partial charge on any atom is 0.272 e. The van der Waals surface area contributed by atoms with Gasteiger partial charge in [-0.3, -0.25) is 14.4 Å². The third-order valence-corrected chi connectivity index (χ3v) is 2.86. The summed E-state index contributed by atoms with van der Waals surface area (Å²) in [5.41, 5.74) is 1.87. The average molecular weight is 270 g/mol. The molecule has 1 heterocycles. The minimum atomic E-state index is -0.340. The van der Waals surface area contributed by atoms with Crippen molar-refractivity contribution in [1.29, 1.82) is 0 Å². The fourth-order valence-electron chi connectivity index (χ4n) is 1.72. The van der Waals surface area contributed by atoms with Gasteiger partial charge in [-0.15, -0.1) is 0 Å². The topological polar surface area (TPSA) is 79.0 Å². The van der Waals surface area contributed by atoms with Crippen molar-refractivity contribution in [3.63, 3.8) is 0 Å². The number of ketones is 2. The summed E-state index contributed by atoms with van der Waals surface area (Å²) in [7, 11) is 0. The molecule has 5 heteroatoms. The molecule has 2 aromatic rings. The first kappa shape index (κ1) is 13.7. The lowest BCUT2D eigenvalue weighted by Gasteiger charge is -2.04. The quantitative estimate of drug-likeness (QED) is 0.838. The van der Waals surface area contributed by atoms with Crippen LogP contribution in [0.5, 0.6) is 0 Å². The predicted molar refractivity (Wildman–Crippen MR) is 75.2 cm³/mol. The van der Waals surface area contributed by atoms with Crippen LogP contribution in [0.15, 0.2) is 36.4 Å². The Morgan fingerprint density at radius 3 is 1.95 bits per heavy atom. The molecule has 0 aliphatic heterocycles. The van der Waals surface area contributed by atoms with Gasteiger partial charge in [0, 0.05) is 18.2 Å². The van der Waals surface area contributed by atoms with Crippen LogP contribution in [0.1, 0.15) is 45.2 Å². The van der Waals surface area contributed by atoms with Crippen molar-refractivity contribution in [2.45, 2.75) is 13.8 Å². The lowest BCUT2D eigenvalue weighted by Crippen LogP contribution is -2.12. The summed E-state index contributed by atoms with van der Waals surface area (Å²) in [6.07, 6.45) is 0. The van der Waals surface area contributed by atoms with E-state index in [2.05, 4.69) is 10.3 Å². The predicted octanol–water partition coefficient (Wildman–Crippen LogP) is 2.67. The zero-order chi connectivity index (χ0) is 14.7. The molecule has 0 spiro atoms. The molecule has 0 saturated carbocycles. The van der Waals surface area contributed by atoms with Crippen molar-refractivity contribution < 1.29 is 14.4 Å². The van der Waals surface area contributed by atoms with E-state index in [9.17, 15) is 14.4 Å². The molecule has 0 aliphatic carbocycles. The summed E-state index contributed by atoms with van der Waals surface area (Å²) < 4.78 is 0. The number of hydrogen-bond donors (Lipinski definition) is 2. The number of rotatable bonds is 4. The number of anilines is 1. The monoisotopic (exact) mass is 270 g/mol. The fraction of sp³-hybridized carbons (Fsp3) is 0.133. The Morgan fingerprint density at radius 2 is 1.45 bits per heavy atom. The highest BCUT2D eigenvalue weighted by Crippen LogP contribution is 2.12. The van der Waals surface area contributed by atoms with Gasteiger partial charge >= 0.3 is 0 Å². The van der Waals surface area contributed by atoms with Gasteiger partial charge < -0.3 is 10.3 Å². The molecule has 102 valence electrons. The minimum absolute atomic E-state index is 0.0293. The number of H-pyrrole nitrogens is 1.